The van der Waals surface area contributed by atoms with E-state index in [1.54, 1.807) is 10.9 Å². The van der Waals surface area contributed by atoms with Crippen LogP contribution in [0, 0.1) is 0 Å². The molecule has 0 saturated heterocycles. The molecule has 3 heterocycles. The average molecular weight is 271 g/mol. The maximum absolute atomic E-state index is 5.37. The minimum atomic E-state index is 0.413. The Labute approximate surface area is 114 Å². The summed E-state index contributed by atoms with van der Waals surface area (Å²) in [6.45, 7) is 0. The van der Waals surface area contributed by atoms with Crippen LogP contribution in [0.2, 0.25) is 0 Å². The Hall–Kier alpha value is -2.44. The zero-order valence-corrected chi connectivity index (χ0v) is 11.0. The van der Waals surface area contributed by atoms with E-state index in [-0.39, 0.29) is 0 Å². The molecule has 7 nitrogen and oxygen atoms in total. The molecule has 3 aromatic heterocycles. The van der Waals surface area contributed by atoms with E-state index in [1.165, 1.54) is 0 Å². The number of hydrogen-bond donors (Lipinski definition) is 0. The van der Waals surface area contributed by atoms with E-state index in [0.29, 0.717) is 17.4 Å². The van der Waals surface area contributed by atoms with Gasteiger partial charge >= 0.3 is 0 Å². The first kappa shape index (κ1) is 11.4. The molecule has 1 aliphatic rings. The van der Waals surface area contributed by atoms with E-state index >= 15 is 0 Å². The van der Waals surface area contributed by atoms with Crippen LogP contribution in [0.5, 0.6) is 0 Å². The number of fused-ring (bicyclic) bond motifs is 1. The molecule has 0 amide bonds. The van der Waals surface area contributed by atoms with E-state index in [2.05, 4.69) is 20.4 Å². The summed E-state index contributed by atoms with van der Waals surface area (Å²) < 4.78 is 12.4. The van der Waals surface area contributed by atoms with Gasteiger partial charge in [-0.15, -0.1) is 0 Å². The van der Waals surface area contributed by atoms with Crippen LogP contribution in [0.1, 0.15) is 24.2 Å². The number of aromatic nitrogens is 5. The summed E-state index contributed by atoms with van der Waals surface area (Å²) in [5.74, 6) is 1.88. The standard InChI is InChI=1S/C13H13N5O2/c1-18-7-8(6-14-18)12-15-13(20-17-12)11-9-4-2-3-5-10(9)19-16-11/h6-7H,2-5H2,1H3. The lowest BCUT2D eigenvalue weighted by Crippen LogP contribution is -2.00. The Morgan fingerprint density at radius 1 is 1.15 bits per heavy atom. The third-order valence-electron chi connectivity index (χ3n) is 3.54. The van der Waals surface area contributed by atoms with Crippen LogP contribution in [0.3, 0.4) is 0 Å². The summed E-state index contributed by atoms with van der Waals surface area (Å²) in [6, 6.07) is 0. The monoisotopic (exact) mass is 271 g/mol. The van der Waals surface area contributed by atoms with E-state index in [1.807, 2.05) is 13.2 Å². The highest BCUT2D eigenvalue weighted by atomic mass is 16.5. The smallest absolute Gasteiger partial charge is 0.280 e. The van der Waals surface area contributed by atoms with Crippen molar-refractivity contribution < 1.29 is 9.05 Å². The van der Waals surface area contributed by atoms with Gasteiger partial charge in [-0.1, -0.05) is 10.3 Å². The predicted octanol–water partition coefficient (Wildman–Crippen LogP) is 2.00. The van der Waals surface area contributed by atoms with Gasteiger partial charge in [-0.25, -0.2) is 0 Å². The second-order valence-corrected chi connectivity index (χ2v) is 4.97. The fourth-order valence-corrected chi connectivity index (χ4v) is 2.53. The number of hydrogen-bond acceptors (Lipinski definition) is 6. The molecule has 7 heteroatoms. The van der Waals surface area contributed by atoms with Gasteiger partial charge in [0.15, 0.2) is 5.69 Å². The van der Waals surface area contributed by atoms with Crippen molar-refractivity contribution in [2.24, 2.45) is 7.05 Å². The Balaban J connectivity index is 1.73. The summed E-state index contributed by atoms with van der Waals surface area (Å²) in [5.41, 5.74) is 2.61. The highest BCUT2D eigenvalue weighted by Gasteiger charge is 2.24. The first-order valence-electron chi connectivity index (χ1n) is 6.62. The van der Waals surface area contributed by atoms with E-state index < -0.39 is 0 Å². The van der Waals surface area contributed by atoms with Gasteiger partial charge in [0, 0.05) is 25.2 Å². The minimum Gasteiger partial charge on any atom is -0.360 e. The summed E-state index contributed by atoms with van der Waals surface area (Å²) in [7, 11) is 1.85. The fraction of sp³-hybridized carbons (Fsp3) is 0.385. The molecule has 0 atom stereocenters. The molecular weight excluding hydrogens is 258 g/mol. The predicted molar refractivity (Wildman–Crippen MR) is 68.6 cm³/mol. The molecule has 3 aromatic rings. The first-order valence-corrected chi connectivity index (χ1v) is 6.62. The van der Waals surface area contributed by atoms with Crippen LogP contribution in [0.15, 0.2) is 21.4 Å². The van der Waals surface area contributed by atoms with Crippen LogP contribution in [0.25, 0.3) is 23.0 Å². The number of rotatable bonds is 2. The van der Waals surface area contributed by atoms with Crippen LogP contribution in [-0.4, -0.2) is 25.1 Å². The number of aryl methyl sites for hydroxylation is 2. The van der Waals surface area contributed by atoms with Crippen molar-refractivity contribution in [3.63, 3.8) is 0 Å². The topological polar surface area (TPSA) is 82.8 Å². The van der Waals surface area contributed by atoms with Gasteiger partial charge in [0.1, 0.15) is 5.76 Å². The molecule has 4 rings (SSSR count). The van der Waals surface area contributed by atoms with Crippen molar-refractivity contribution in [2.75, 3.05) is 0 Å². The first-order chi connectivity index (χ1) is 9.81. The van der Waals surface area contributed by atoms with Crippen LogP contribution >= 0.6 is 0 Å². The second kappa shape index (κ2) is 4.29. The minimum absolute atomic E-state index is 0.413. The third kappa shape index (κ3) is 1.74. The molecule has 1 aliphatic carbocycles. The molecule has 0 N–H and O–H groups in total. The summed E-state index contributed by atoms with van der Waals surface area (Å²) in [4.78, 5) is 4.39. The lowest BCUT2D eigenvalue weighted by atomic mass is 9.96. The Kier molecular flexibility index (Phi) is 2.45. The molecular formula is C13H13N5O2. The largest absolute Gasteiger partial charge is 0.360 e. The summed E-state index contributed by atoms with van der Waals surface area (Å²) in [5, 5.41) is 12.2. The van der Waals surface area contributed by atoms with Gasteiger partial charge in [-0.05, 0) is 19.3 Å². The molecule has 0 radical (unpaired) electrons. The van der Waals surface area contributed by atoms with Gasteiger partial charge in [0.05, 0.1) is 11.8 Å². The molecule has 102 valence electrons. The van der Waals surface area contributed by atoms with E-state index in [9.17, 15) is 0 Å². The quantitative estimate of drug-likeness (QED) is 0.709. The molecule has 0 spiro atoms. The van der Waals surface area contributed by atoms with Crippen molar-refractivity contribution >= 4 is 0 Å². The van der Waals surface area contributed by atoms with Crippen LogP contribution < -0.4 is 0 Å². The van der Waals surface area contributed by atoms with Gasteiger partial charge in [-0.2, -0.15) is 10.1 Å². The van der Waals surface area contributed by atoms with E-state index in [0.717, 1.165) is 42.6 Å². The van der Waals surface area contributed by atoms with Crippen molar-refractivity contribution in [3.8, 4) is 23.0 Å². The highest BCUT2D eigenvalue weighted by molar-refractivity contribution is 5.59. The Morgan fingerprint density at radius 2 is 2.05 bits per heavy atom. The lowest BCUT2D eigenvalue weighted by molar-refractivity contribution is 0.369. The lowest BCUT2D eigenvalue weighted by Gasteiger charge is -2.07. The van der Waals surface area contributed by atoms with Gasteiger partial charge in [-0.3, -0.25) is 4.68 Å². The number of nitrogens with zero attached hydrogens (tertiary/aromatic N) is 5. The Bertz CT molecular complexity index is 754. The molecule has 0 aliphatic heterocycles. The van der Waals surface area contributed by atoms with Crippen molar-refractivity contribution in [1.29, 1.82) is 0 Å². The molecule has 0 saturated carbocycles. The third-order valence-corrected chi connectivity index (χ3v) is 3.54. The highest BCUT2D eigenvalue weighted by Crippen LogP contribution is 2.31. The van der Waals surface area contributed by atoms with Gasteiger partial charge in [0.2, 0.25) is 5.82 Å². The maximum Gasteiger partial charge on any atom is 0.280 e. The second-order valence-electron chi connectivity index (χ2n) is 4.97. The van der Waals surface area contributed by atoms with Gasteiger partial charge in [0.25, 0.3) is 5.89 Å². The Morgan fingerprint density at radius 3 is 2.90 bits per heavy atom. The SMILES string of the molecule is Cn1cc(-c2noc(-c3noc4c3CCCC4)n2)cn1. The summed E-state index contributed by atoms with van der Waals surface area (Å²) >= 11 is 0. The van der Waals surface area contributed by atoms with E-state index in [4.69, 9.17) is 9.05 Å². The maximum atomic E-state index is 5.37. The molecule has 0 bridgehead atoms. The zero-order valence-electron chi connectivity index (χ0n) is 11.0. The van der Waals surface area contributed by atoms with Crippen molar-refractivity contribution in [2.45, 2.75) is 25.7 Å². The molecule has 0 aromatic carbocycles. The van der Waals surface area contributed by atoms with Crippen LogP contribution in [-0.2, 0) is 19.9 Å². The van der Waals surface area contributed by atoms with Gasteiger partial charge < -0.3 is 9.05 Å². The average Bonchev–Trinajstić information content (AvgIpc) is 3.15. The molecule has 0 fully saturated rings. The fourth-order valence-electron chi connectivity index (χ4n) is 2.53. The van der Waals surface area contributed by atoms with Crippen molar-refractivity contribution in [1.82, 2.24) is 25.1 Å². The normalized spacial score (nSPS) is 14.4. The zero-order chi connectivity index (χ0) is 13.5. The van der Waals surface area contributed by atoms with Crippen LogP contribution in [0.4, 0.5) is 0 Å². The molecule has 0 unspecified atom stereocenters. The molecule has 20 heavy (non-hydrogen) atoms. The van der Waals surface area contributed by atoms with Crippen molar-refractivity contribution in [3.05, 3.63) is 23.7 Å². The summed E-state index contributed by atoms with van der Waals surface area (Å²) in [6.07, 6.45) is 7.72.